The third kappa shape index (κ3) is 4.75. The van der Waals surface area contributed by atoms with Gasteiger partial charge in [0.25, 0.3) is 0 Å². The van der Waals surface area contributed by atoms with Gasteiger partial charge < -0.3 is 27.8 Å². The Bertz CT molecular complexity index is 227. The third-order valence-electron chi connectivity index (χ3n) is 2.83. The van der Waals surface area contributed by atoms with Crippen LogP contribution in [0.25, 0.3) is 0 Å². The van der Waals surface area contributed by atoms with Crippen LogP contribution in [0, 0.1) is 5.92 Å². The van der Waals surface area contributed by atoms with Crippen molar-refractivity contribution in [2.75, 3.05) is 0 Å². The smallest absolute Gasteiger partial charge is 0.309 e. The van der Waals surface area contributed by atoms with Crippen LogP contribution in [0.3, 0.4) is 0 Å². The van der Waals surface area contributed by atoms with E-state index in [0.717, 1.165) is 25.7 Å². The Hall–Kier alpha value is -0.420. The number of carboxylic acid groups (broad SMARTS) is 1. The zero-order valence-electron chi connectivity index (χ0n) is 8.75. The molecule has 4 N–H and O–H groups in total. The van der Waals surface area contributed by atoms with Crippen molar-refractivity contribution in [1.82, 2.24) is 0 Å². The van der Waals surface area contributed by atoms with Gasteiger partial charge in [-0.1, -0.05) is 19.3 Å². The highest BCUT2D eigenvalue weighted by atomic mass is 79.9. The number of ketones is 1. The van der Waals surface area contributed by atoms with Crippen LogP contribution in [0.1, 0.15) is 38.5 Å². The van der Waals surface area contributed by atoms with Crippen molar-refractivity contribution in [3.05, 3.63) is 0 Å². The molecule has 1 aliphatic carbocycles. The van der Waals surface area contributed by atoms with E-state index in [2.05, 4.69) is 5.73 Å². The Labute approximate surface area is 100.0 Å². The van der Waals surface area contributed by atoms with Crippen LogP contribution in [0.15, 0.2) is 0 Å². The van der Waals surface area contributed by atoms with Crippen LogP contribution in [0.4, 0.5) is 0 Å². The van der Waals surface area contributed by atoms with Crippen molar-refractivity contribution in [2.45, 2.75) is 44.6 Å². The number of aliphatic carboxylic acids is 1. The minimum atomic E-state index is -0.936. The third-order valence-corrected chi connectivity index (χ3v) is 2.83. The molecule has 1 saturated carbocycles. The van der Waals surface area contributed by atoms with Crippen molar-refractivity contribution >= 4 is 11.8 Å². The Kier molecular flexibility index (Phi) is 6.76. The van der Waals surface area contributed by atoms with Gasteiger partial charge in [0.2, 0.25) is 0 Å². The fourth-order valence-electron chi connectivity index (χ4n) is 2.03. The van der Waals surface area contributed by atoms with Crippen molar-refractivity contribution in [3.8, 4) is 0 Å². The summed E-state index contributed by atoms with van der Waals surface area (Å²) in [6.07, 6.45) is 5.10. The number of halogens is 1. The summed E-state index contributed by atoms with van der Waals surface area (Å²) in [7, 11) is 0. The predicted molar refractivity (Wildman–Crippen MR) is 50.5 cm³/mol. The Morgan fingerprint density at radius 3 is 2.27 bits per heavy atom. The molecule has 1 rings (SSSR count). The van der Waals surface area contributed by atoms with Gasteiger partial charge in [-0.3, -0.25) is 9.59 Å². The molecule has 0 bridgehead atoms. The number of rotatable bonds is 4. The maximum Gasteiger partial charge on any atom is 0.309 e. The summed E-state index contributed by atoms with van der Waals surface area (Å²) in [6.45, 7) is 0. The maximum absolute atomic E-state index is 11.7. The van der Waals surface area contributed by atoms with Crippen LogP contribution >= 0.6 is 0 Å². The Morgan fingerprint density at radius 1 is 1.27 bits per heavy atom. The second kappa shape index (κ2) is 6.95. The molecule has 1 aliphatic rings. The molecular weight excluding hydrogens is 262 g/mol. The molecular formula is C10H18BrNO3. The average molecular weight is 280 g/mol. The molecule has 0 aromatic rings. The highest BCUT2D eigenvalue weighted by molar-refractivity contribution is 5.88. The number of hydrogen-bond donors (Lipinski definition) is 2. The first-order chi connectivity index (χ1) is 6.61. The highest BCUT2D eigenvalue weighted by Gasteiger charge is 2.29. The summed E-state index contributed by atoms with van der Waals surface area (Å²) in [5.74, 6) is -0.813. The predicted octanol–water partition coefficient (Wildman–Crippen LogP) is -2.77. The number of Topliss-reactive ketones (excluding diaryl/α,β-unsaturated/α-hetero) is 1. The fourth-order valence-corrected chi connectivity index (χ4v) is 2.03. The quantitative estimate of drug-likeness (QED) is 0.584. The lowest BCUT2D eigenvalue weighted by Gasteiger charge is -2.21. The minimum absolute atomic E-state index is 0. The van der Waals surface area contributed by atoms with Gasteiger partial charge in [0, 0.05) is 5.92 Å². The Morgan fingerprint density at radius 2 is 1.80 bits per heavy atom. The summed E-state index contributed by atoms with van der Waals surface area (Å²) >= 11 is 0. The summed E-state index contributed by atoms with van der Waals surface area (Å²) in [4.78, 5) is 22.1. The van der Waals surface area contributed by atoms with Crippen molar-refractivity contribution in [1.29, 1.82) is 0 Å². The van der Waals surface area contributed by atoms with Gasteiger partial charge in [0.05, 0.1) is 0 Å². The van der Waals surface area contributed by atoms with Gasteiger partial charge in [-0.25, -0.2) is 0 Å². The van der Waals surface area contributed by atoms with E-state index in [1.807, 2.05) is 0 Å². The van der Waals surface area contributed by atoms with E-state index in [1.54, 1.807) is 0 Å². The van der Waals surface area contributed by atoms with Gasteiger partial charge >= 0.3 is 5.97 Å². The molecule has 1 fully saturated rings. The molecule has 5 heteroatoms. The summed E-state index contributed by atoms with van der Waals surface area (Å²) in [5.41, 5.74) is 3.62. The molecule has 15 heavy (non-hydrogen) atoms. The van der Waals surface area contributed by atoms with Crippen molar-refractivity contribution in [3.63, 3.8) is 0 Å². The first-order valence-electron chi connectivity index (χ1n) is 5.20. The van der Waals surface area contributed by atoms with Crippen LogP contribution in [0.2, 0.25) is 0 Å². The molecule has 88 valence electrons. The number of carbonyl (C=O) groups excluding carboxylic acids is 1. The molecule has 0 aromatic heterocycles. The standard InChI is InChI=1S/C10H17NO3.BrH/c11-8(6-9(12)13)10(14)7-4-2-1-3-5-7;/h7-8H,1-6,11H2,(H,12,13);1H/t8-;/m0./s1. The molecule has 0 aliphatic heterocycles. The second-order valence-corrected chi connectivity index (χ2v) is 4.03. The minimum Gasteiger partial charge on any atom is -1.00 e. The van der Waals surface area contributed by atoms with Gasteiger partial charge in [-0.05, 0) is 12.8 Å². The zero-order chi connectivity index (χ0) is 10.6. The van der Waals surface area contributed by atoms with E-state index in [1.165, 1.54) is 6.42 Å². The van der Waals surface area contributed by atoms with Crippen LogP contribution in [-0.4, -0.2) is 22.9 Å². The van der Waals surface area contributed by atoms with Crippen molar-refractivity contribution < 1.29 is 37.4 Å². The lowest BCUT2D eigenvalue weighted by atomic mass is 9.83. The van der Waals surface area contributed by atoms with Gasteiger partial charge in [0.15, 0.2) is 11.8 Å². The second-order valence-electron chi connectivity index (χ2n) is 4.03. The maximum atomic E-state index is 11.7. The lowest BCUT2D eigenvalue weighted by Crippen LogP contribution is -3.00. The molecule has 0 radical (unpaired) electrons. The summed E-state index contributed by atoms with van der Waals surface area (Å²) in [5, 5.41) is 8.54. The van der Waals surface area contributed by atoms with Crippen molar-refractivity contribution in [2.24, 2.45) is 5.92 Å². The van der Waals surface area contributed by atoms with E-state index in [0.29, 0.717) is 0 Å². The number of carbonyl (C=O) groups is 2. The zero-order valence-corrected chi connectivity index (χ0v) is 10.3. The first kappa shape index (κ1) is 14.6. The molecule has 0 saturated heterocycles. The summed E-state index contributed by atoms with van der Waals surface area (Å²) in [6, 6.07) is -0.560. The van der Waals surface area contributed by atoms with E-state index < -0.39 is 12.0 Å². The molecule has 0 aromatic carbocycles. The topological polar surface area (TPSA) is 82.0 Å². The van der Waals surface area contributed by atoms with E-state index in [4.69, 9.17) is 5.11 Å². The molecule has 1 atom stereocenters. The SMILES string of the molecule is [Br-].[NH3+][C@@H](CC(=O)O)C(=O)C1CCCCC1. The van der Waals surface area contributed by atoms with Gasteiger partial charge in [-0.2, -0.15) is 0 Å². The fraction of sp³-hybridized carbons (Fsp3) is 0.800. The number of quaternary nitrogens is 1. The van der Waals surface area contributed by atoms with Crippen LogP contribution in [0.5, 0.6) is 0 Å². The van der Waals surface area contributed by atoms with Gasteiger partial charge in [-0.15, -0.1) is 0 Å². The average Bonchev–Trinajstić information content (AvgIpc) is 2.17. The lowest BCUT2D eigenvalue weighted by molar-refractivity contribution is -0.403. The van der Waals surface area contributed by atoms with E-state index in [-0.39, 0.29) is 35.1 Å². The first-order valence-corrected chi connectivity index (χ1v) is 5.20. The highest BCUT2D eigenvalue weighted by Crippen LogP contribution is 2.25. The van der Waals surface area contributed by atoms with Gasteiger partial charge in [0.1, 0.15) is 6.42 Å². The number of hydrogen-bond acceptors (Lipinski definition) is 2. The molecule has 0 heterocycles. The number of carboxylic acids is 1. The molecule has 4 nitrogen and oxygen atoms in total. The Balaban J connectivity index is 0.00000196. The van der Waals surface area contributed by atoms with E-state index in [9.17, 15) is 9.59 Å². The molecule has 0 spiro atoms. The monoisotopic (exact) mass is 279 g/mol. The molecule has 0 unspecified atom stereocenters. The van der Waals surface area contributed by atoms with Crippen LogP contribution < -0.4 is 22.7 Å². The van der Waals surface area contributed by atoms with E-state index >= 15 is 0 Å². The summed E-state index contributed by atoms with van der Waals surface area (Å²) < 4.78 is 0. The largest absolute Gasteiger partial charge is 1.00 e. The molecule has 0 amide bonds. The normalized spacial score (nSPS) is 19.0. The van der Waals surface area contributed by atoms with Crippen LogP contribution in [-0.2, 0) is 9.59 Å².